The molecule has 3 aromatic rings. The van der Waals surface area contributed by atoms with Crippen LogP contribution < -0.4 is 0 Å². The largest absolute Gasteiger partial charge is 0.368 e. The summed E-state index contributed by atoms with van der Waals surface area (Å²) >= 11 is 6.30. The van der Waals surface area contributed by atoms with Crippen molar-refractivity contribution >= 4 is 17.5 Å². The summed E-state index contributed by atoms with van der Waals surface area (Å²) in [7, 11) is 0. The fourth-order valence-corrected chi connectivity index (χ4v) is 3.89. The molecule has 0 N–H and O–H groups in total. The molecule has 0 aliphatic carbocycles. The number of aromatic nitrogens is 3. The number of hydrogen-bond acceptors (Lipinski definition) is 4. The van der Waals surface area contributed by atoms with E-state index in [0.717, 1.165) is 22.0 Å². The maximum atomic E-state index is 13.1. The molecule has 0 bridgehead atoms. The fourth-order valence-electron chi connectivity index (χ4n) is 3.68. The van der Waals surface area contributed by atoms with Gasteiger partial charge in [-0.05, 0) is 43.7 Å². The zero-order valence-electron chi connectivity index (χ0n) is 17.2. The van der Waals surface area contributed by atoms with Crippen molar-refractivity contribution in [3.63, 3.8) is 0 Å². The Kier molecular flexibility index (Phi) is 6.16. The van der Waals surface area contributed by atoms with Gasteiger partial charge < -0.3 is 9.64 Å². The van der Waals surface area contributed by atoms with Gasteiger partial charge in [-0.2, -0.15) is 5.10 Å². The number of halogens is 1. The second-order valence-corrected chi connectivity index (χ2v) is 8.09. The van der Waals surface area contributed by atoms with Crippen LogP contribution in [0.3, 0.4) is 0 Å². The van der Waals surface area contributed by atoms with Crippen molar-refractivity contribution in [1.29, 1.82) is 0 Å². The summed E-state index contributed by atoms with van der Waals surface area (Å²) < 4.78 is 7.72. The molecule has 1 fully saturated rings. The van der Waals surface area contributed by atoms with Crippen molar-refractivity contribution in [1.82, 2.24) is 19.7 Å². The minimum atomic E-state index is -0.260. The number of nitrogens with zero attached hydrogens (tertiary/aromatic N) is 4. The van der Waals surface area contributed by atoms with Gasteiger partial charge >= 0.3 is 0 Å². The van der Waals surface area contributed by atoms with E-state index in [-0.39, 0.29) is 18.1 Å². The molecule has 1 aliphatic heterocycles. The van der Waals surface area contributed by atoms with Crippen LogP contribution in [0.25, 0.3) is 0 Å². The van der Waals surface area contributed by atoms with Crippen LogP contribution in [0.1, 0.15) is 53.4 Å². The van der Waals surface area contributed by atoms with E-state index in [9.17, 15) is 4.79 Å². The van der Waals surface area contributed by atoms with Crippen molar-refractivity contribution < 1.29 is 9.53 Å². The van der Waals surface area contributed by atoms with E-state index in [0.29, 0.717) is 31.8 Å². The Morgan fingerprint density at radius 2 is 2.03 bits per heavy atom. The van der Waals surface area contributed by atoms with E-state index >= 15 is 0 Å². The van der Waals surface area contributed by atoms with Crippen molar-refractivity contribution in [2.75, 3.05) is 19.7 Å². The Morgan fingerprint density at radius 3 is 2.83 bits per heavy atom. The molecule has 7 heteroatoms. The molecule has 1 aromatic carbocycles. The maximum Gasteiger partial charge on any atom is 0.272 e. The second kappa shape index (κ2) is 8.98. The van der Waals surface area contributed by atoms with Gasteiger partial charge in [-0.1, -0.05) is 35.9 Å². The molecule has 1 atom stereocenters. The average molecular weight is 425 g/mol. The molecule has 3 heterocycles. The number of rotatable bonds is 5. The lowest BCUT2D eigenvalue weighted by Crippen LogP contribution is -2.43. The van der Waals surface area contributed by atoms with Crippen molar-refractivity contribution in [2.24, 2.45) is 0 Å². The number of morpholine rings is 1. The minimum absolute atomic E-state index is 0.0262. The molecule has 156 valence electrons. The summed E-state index contributed by atoms with van der Waals surface area (Å²) in [4.78, 5) is 19.7. The molecule has 4 rings (SSSR count). The highest BCUT2D eigenvalue weighted by atomic mass is 35.5. The van der Waals surface area contributed by atoms with Crippen LogP contribution in [0.5, 0.6) is 0 Å². The van der Waals surface area contributed by atoms with E-state index in [4.69, 9.17) is 21.3 Å². The first-order chi connectivity index (χ1) is 14.5. The lowest BCUT2D eigenvalue weighted by molar-refractivity contribution is -0.0252. The first-order valence-corrected chi connectivity index (χ1v) is 10.5. The van der Waals surface area contributed by atoms with Crippen LogP contribution >= 0.6 is 11.6 Å². The summed E-state index contributed by atoms with van der Waals surface area (Å²) in [6, 6.07) is 15.6. The number of amides is 1. The van der Waals surface area contributed by atoms with Crippen LogP contribution in [0, 0.1) is 0 Å². The Morgan fingerprint density at radius 1 is 1.20 bits per heavy atom. The van der Waals surface area contributed by atoms with Gasteiger partial charge in [0.05, 0.1) is 18.8 Å². The van der Waals surface area contributed by atoms with Crippen LogP contribution in [0.4, 0.5) is 0 Å². The standard InChI is InChI=1S/C23H25ClN4O2/c1-16(2)28-21(10-11-25-28)23(29)27-12-13-30-22(15-27)20-9-5-7-18(26-20)14-17-6-3-4-8-19(17)24/h3-11,16,22H,12-15H2,1-2H3. The molecule has 1 unspecified atom stereocenters. The van der Waals surface area contributed by atoms with Crippen LogP contribution in [-0.4, -0.2) is 45.3 Å². The highest BCUT2D eigenvalue weighted by Crippen LogP contribution is 2.24. The van der Waals surface area contributed by atoms with E-state index in [1.54, 1.807) is 16.9 Å². The number of ether oxygens (including phenoxy) is 1. The summed E-state index contributed by atoms with van der Waals surface area (Å²) in [5.74, 6) is -0.0262. The number of hydrogen-bond donors (Lipinski definition) is 0. The van der Waals surface area contributed by atoms with Crippen molar-refractivity contribution in [3.8, 4) is 0 Å². The predicted molar refractivity (Wildman–Crippen MR) is 116 cm³/mol. The number of pyridine rings is 1. The van der Waals surface area contributed by atoms with E-state index in [2.05, 4.69) is 5.10 Å². The lowest BCUT2D eigenvalue weighted by atomic mass is 10.1. The van der Waals surface area contributed by atoms with Crippen molar-refractivity contribution in [2.45, 2.75) is 32.4 Å². The third-order valence-electron chi connectivity index (χ3n) is 5.22. The number of carbonyl (C=O) groups excluding carboxylic acids is 1. The van der Waals surface area contributed by atoms with Gasteiger partial charge in [0.1, 0.15) is 11.8 Å². The fraction of sp³-hybridized carbons (Fsp3) is 0.348. The van der Waals surface area contributed by atoms with Gasteiger partial charge in [-0.15, -0.1) is 0 Å². The minimum Gasteiger partial charge on any atom is -0.368 e. The Hall–Kier alpha value is -2.70. The van der Waals surface area contributed by atoms with Crippen LogP contribution in [0.2, 0.25) is 5.02 Å². The van der Waals surface area contributed by atoms with Gasteiger partial charge in [0.25, 0.3) is 5.91 Å². The summed E-state index contributed by atoms with van der Waals surface area (Å²) in [6.07, 6.45) is 2.06. The lowest BCUT2D eigenvalue weighted by Gasteiger charge is -2.33. The molecule has 0 spiro atoms. The Balaban J connectivity index is 1.50. The SMILES string of the molecule is CC(C)n1nccc1C(=O)N1CCOC(c2cccc(Cc3ccccc3Cl)n2)C1. The van der Waals surface area contributed by atoms with Gasteiger partial charge in [-0.3, -0.25) is 14.5 Å². The molecule has 6 nitrogen and oxygen atoms in total. The molecule has 2 aromatic heterocycles. The van der Waals surface area contributed by atoms with E-state index < -0.39 is 0 Å². The van der Waals surface area contributed by atoms with Gasteiger partial charge in [0, 0.05) is 35.9 Å². The summed E-state index contributed by atoms with van der Waals surface area (Å²) in [5, 5.41) is 5.02. The van der Waals surface area contributed by atoms with Gasteiger partial charge in [0.2, 0.25) is 0 Å². The van der Waals surface area contributed by atoms with Crippen molar-refractivity contribution in [3.05, 3.63) is 82.4 Å². The monoisotopic (exact) mass is 424 g/mol. The normalized spacial score (nSPS) is 16.8. The highest BCUT2D eigenvalue weighted by Gasteiger charge is 2.29. The van der Waals surface area contributed by atoms with E-state index in [1.165, 1.54) is 0 Å². The highest BCUT2D eigenvalue weighted by molar-refractivity contribution is 6.31. The number of benzene rings is 1. The molecule has 0 saturated carbocycles. The zero-order chi connectivity index (χ0) is 21.1. The first-order valence-electron chi connectivity index (χ1n) is 10.2. The first kappa shape index (κ1) is 20.6. The second-order valence-electron chi connectivity index (χ2n) is 7.69. The maximum absolute atomic E-state index is 13.1. The molecule has 1 aliphatic rings. The zero-order valence-corrected chi connectivity index (χ0v) is 17.9. The topological polar surface area (TPSA) is 60.2 Å². The third kappa shape index (κ3) is 4.40. The van der Waals surface area contributed by atoms with Crippen LogP contribution in [0.15, 0.2) is 54.7 Å². The molecule has 1 amide bonds. The predicted octanol–water partition coefficient (Wildman–Crippen LogP) is 4.32. The molecule has 1 saturated heterocycles. The molecular weight excluding hydrogens is 400 g/mol. The van der Waals surface area contributed by atoms with Gasteiger partial charge in [-0.25, -0.2) is 0 Å². The number of carbonyl (C=O) groups is 1. The summed E-state index contributed by atoms with van der Waals surface area (Å²) in [5.41, 5.74) is 3.39. The molecule has 0 radical (unpaired) electrons. The molecule has 30 heavy (non-hydrogen) atoms. The smallest absolute Gasteiger partial charge is 0.272 e. The Bertz CT molecular complexity index is 1030. The van der Waals surface area contributed by atoms with Crippen LogP contribution in [-0.2, 0) is 11.2 Å². The third-order valence-corrected chi connectivity index (χ3v) is 5.59. The quantitative estimate of drug-likeness (QED) is 0.612. The summed E-state index contributed by atoms with van der Waals surface area (Å²) in [6.45, 7) is 5.52. The average Bonchev–Trinajstić information content (AvgIpc) is 3.25. The Labute approximate surface area is 181 Å². The molecular formula is C23H25ClN4O2. The van der Waals surface area contributed by atoms with E-state index in [1.807, 2.05) is 61.2 Å². The van der Waals surface area contributed by atoms with Gasteiger partial charge in [0.15, 0.2) is 0 Å².